The number of carboxylic acids is 1. The third-order valence-electron chi connectivity index (χ3n) is 2.60. The van der Waals surface area contributed by atoms with Gasteiger partial charge in [0.15, 0.2) is 0 Å². The first-order valence-electron chi connectivity index (χ1n) is 5.81. The smallest absolute Gasteiger partial charge is 0.307 e. The third kappa shape index (κ3) is 4.10. The quantitative estimate of drug-likeness (QED) is 0.898. The van der Waals surface area contributed by atoms with Gasteiger partial charge in [-0.2, -0.15) is 0 Å². The van der Waals surface area contributed by atoms with Crippen LogP contribution in [0.2, 0.25) is 0 Å². The Bertz CT molecular complexity index is 547. The number of rotatable bonds is 5. The van der Waals surface area contributed by atoms with Crippen molar-refractivity contribution in [2.75, 3.05) is 0 Å². The fourth-order valence-electron chi connectivity index (χ4n) is 1.63. The van der Waals surface area contributed by atoms with Crippen LogP contribution in [-0.4, -0.2) is 11.1 Å². The first-order valence-corrected chi connectivity index (χ1v) is 5.81. The minimum absolute atomic E-state index is 0.0130. The Labute approximate surface area is 110 Å². The Morgan fingerprint density at radius 3 is 2.16 bits per heavy atom. The van der Waals surface area contributed by atoms with Gasteiger partial charge in [0, 0.05) is 0 Å². The largest absolute Gasteiger partial charge is 0.489 e. The molecule has 2 aromatic rings. The van der Waals surface area contributed by atoms with Crippen LogP contribution in [0.25, 0.3) is 0 Å². The molecule has 2 rings (SSSR count). The van der Waals surface area contributed by atoms with Gasteiger partial charge in [-0.25, -0.2) is 4.39 Å². The van der Waals surface area contributed by atoms with Crippen LogP contribution in [0.4, 0.5) is 4.39 Å². The van der Waals surface area contributed by atoms with Crippen LogP contribution in [0.3, 0.4) is 0 Å². The molecule has 3 nitrogen and oxygen atoms in total. The maximum Gasteiger partial charge on any atom is 0.307 e. The van der Waals surface area contributed by atoms with Gasteiger partial charge < -0.3 is 9.84 Å². The minimum Gasteiger partial charge on any atom is -0.489 e. The van der Waals surface area contributed by atoms with Crippen LogP contribution in [-0.2, 0) is 17.8 Å². The number of carbonyl (C=O) groups is 1. The monoisotopic (exact) mass is 260 g/mol. The van der Waals surface area contributed by atoms with Crippen molar-refractivity contribution in [1.82, 2.24) is 0 Å². The van der Waals surface area contributed by atoms with E-state index in [2.05, 4.69) is 0 Å². The highest BCUT2D eigenvalue weighted by atomic mass is 19.1. The summed E-state index contributed by atoms with van der Waals surface area (Å²) in [5, 5.41) is 8.66. The van der Waals surface area contributed by atoms with Gasteiger partial charge in [-0.1, -0.05) is 24.3 Å². The Morgan fingerprint density at radius 2 is 1.58 bits per heavy atom. The van der Waals surface area contributed by atoms with Crippen molar-refractivity contribution in [3.05, 3.63) is 65.5 Å². The van der Waals surface area contributed by atoms with E-state index in [1.807, 2.05) is 12.1 Å². The molecule has 0 heterocycles. The molecule has 0 fully saturated rings. The zero-order chi connectivity index (χ0) is 13.7. The topological polar surface area (TPSA) is 46.5 Å². The average Bonchev–Trinajstić information content (AvgIpc) is 2.39. The molecule has 19 heavy (non-hydrogen) atoms. The molecular weight excluding hydrogens is 247 g/mol. The van der Waals surface area contributed by atoms with Gasteiger partial charge >= 0.3 is 5.97 Å². The van der Waals surface area contributed by atoms with Crippen molar-refractivity contribution in [1.29, 1.82) is 0 Å². The molecule has 0 bridgehead atoms. The van der Waals surface area contributed by atoms with Gasteiger partial charge in [-0.05, 0) is 35.4 Å². The standard InChI is InChI=1S/C15H13FO3/c16-13-5-7-14(8-6-13)19-10-12-3-1-11(2-4-12)9-15(17)18/h1-8H,9-10H2,(H,17,18). The maximum absolute atomic E-state index is 12.7. The van der Waals surface area contributed by atoms with Crippen molar-refractivity contribution in [2.45, 2.75) is 13.0 Å². The normalized spacial score (nSPS) is 10.2. The number of carboxylic acid groups (broad SMARTS) is 1. The molecule has 98 valence electrons. The number of halogens is 1. The van der Waals surface area contributed by atoms with Crippen LogP contribution >= 0.6 is 0 Å². The molecule has 0 radical (unpaired) electrons. The molecule has 0 aromatic heterocycles. The molecule has 0 aliphatic carbocycles. The third-order valence-corrected chi connectivity index (χ3v) is 2.60. The molecule has 2 aromatic carbocycles. The van der Waals surface area contributed by atoms with E-state index in [4.69, 9.17) is 9.84 Å². The molecule has 4 heteroatoms. The number of aliphatic carboxylic acids is 1. The van der Waals surface area contributed by atoms with E-state index in [1.165, 1.54) is 12.1 Å². The second-order valence-electron chi connectivity index (χ2n) is 4.13. The van der Waals surface area contributed by atoms with Crippen molar-refractivity contribution < 1.29 is 19.0 Å². The summed E-state index contributed by atoms with van der Waals surface area (Å²) in [5.41, 5.74) is 1.68. The molecule has 0 spiro atoms. The predicted octanol–water partition coefficient (Wildman–Crippen LogP) is 3.03. The molecular formula is C15H13FO3. The zero-order valence-electron chi connectivity index (χ0n) is 10.2. The summed E-state index contributed by atoms with van der Waals surface area (Å²) in [4.78, 5) is 10.5. The highest BCUT2D eigenvalue weighted by Gasteiger charge is 2.01. The first-order chi connectivity index (χ1) is 9.13. The van der Waals surface area contributed by atoms with E-state index in [0.29, 0.717) is 12.4 Å². The van der Waals surface area contributed by atoms with Crippen molar-refractivity contribution in [2.24, 2.45) is 0 Å². The van der Waals surface area contributed by atoms with Gasteiger partial charge in [0.1, 0.15) is 18.2 Å². The molecule has 1 N–H and O–H groups in total. The average molecular weight is 260 g/mol. The molecule has 0 saturated carbocycles. The molecule has 0 unspecified atom stereocenters. The minimum atomic E-state index is -0.852. The lowest BCUT2D eigenvalue weighted by Crippen LogP contribution is -2.00. The second-order valence-corrected chi connectivity index (χ2v) is 4.13. The fraction of sp³-hybridized carbons (Fsp3) is 0.133. The Balaban J connectivity index is 1.92. The van der Waals surface area contributed by atoms with Crippen LogP contribution in [0.1, 0.15) is 11.1 Å². The van der Waals surface area contributed by atoms with Crippen LogP contribution < -0.4 is 4.74 Å². The summed E-state index contributed by atoms with van der Waals surface area (Å²) in [5.74, 6) is -0.559. The van der Waals surface area contributed by atoms with E-state index >= 15 is 0 Å². The summed E-state index contributed by atoms with van der Waals surface area (Å²) in [6.07, 6.45) is 0.0130. The van der Waals surface area contributed by atoms with Crippen molar-refractivity contribution in [3.8, 4) is 5.75 Å². The van der Waals surface area contributed by atoms with E-state index in [0.717, 1.165) is 11.1 Å². The molecule has 0 aliphatic heterocycles. The number of benzene rings is 2. The van der Waals surface area contributed by atoms with Crippen LogP contribution in [0.15, 0.2) is 48.5 Å². The lowest BCUT2D eigenvalue weighted by molar-refractivity contribution is -0.136. The highest BCUT2D eigenvalue weighted by molar-refractivity contribution is 5.70. The van der Waals surface area contributed by atoms with Gasteiger partial charge in [0.25, 0.3) is 0 Å². The second kappa shape index (κ2) is 6.00. The number of ether oxygens (including phenoxy) is 1. The summed E-state index contributed by atoms with van der Waals surface area (Å²) in [6, 6.07) is 13.0. The van der Waals surface area contributed by atoms with Gasteiger partial charge in [0.05, 0.1) is 6.42 Å². The molecule has 0 aliphatic rings. The van der Waals surface area contributed by atoms with Gasteiger partial charge in [-0.15, -0.1) is 0 Å². The summed E-state index contributed by atoms with van der Waals surface area (Å²) in [6.45, 7) is 0.360. The fourth-order valence-corrected chi connectivity index (χ4v) is 1.63. The molecule has 0 atom stereocenters. The highest BCUT2D eigenvalue weighted by Crippen LogP contribution is 2.14. The van der Waals surface area contributed by atoms with Gasteiger partial charge in [-0.3, -0.25) is 4.79 Å². The molecule has 0 amide bonds. The SMILES string of the molecule is O=C(O)Cc1ccc(COc2ccc(F)cc2)cc1. The number of hydrogen-bond donors (Lipinski definition) is 1. The number of hydrogen-bond acceptors (Lipinski definition) is 2. The van der Waals surface area contributed by atoms with Gasteiger partial charge in [0.2, 0.25) is 0 Å². The molecule has 0 saturated heterocycles. The van der Waals surface area contributed by atoms with Crippen LogP contribution in [0, 0.1) is 5.82 Å². The zero-order valence-corrected chi connectivity index (χ0v) is 10.2. The summed E-state index contributed by atoms with van der Waals surface area (Å²) >= 11 is 0. The van der Waals surface area contributed by atoms with Crippen LogP contribution in [0.5, 0.6) is 5.75 Å². The first kappa shape index (κ1) is 13.1. The lowest BCUT2D eigenvalue weighted by atomic mass is 10.1. The van der Waals surface area contributed by atoms with Crippen molar-refractivity contribution in [3.63, 3.8) is 0 Å². The van der Waals surface area contributed by atoms with E-state index in [9.17, 15) is 9.18 Å². The van der Waals surface area contributed by atoms with E-state index < -0.39 is 5.97 Å². The predicted molar refractivity (Wildman–Crippen MR) is 68.5 cm³/mol. The van der Waals surface area contributed by atoms with Crippen molar-refractivity contribution >= 4 is 5.97 Å². The Kier molecular flexibility index (Phi) is 4.13. The maximum atomic E-state index is 12.7. The Hall–Kier alpha value is -2.36. The Morgan fingerprint density at radius 1 is 1.00 bits per heavy atom. The van der Waals surface area contributed by atoms with E-state index in [-0.39, 0.29) is 12.2 Å². The lowest BCUT2D eigenvalue weighted by Gasteiger charge is -2.06. The summed E-state index contributed by atoms with van der Waals surface area (Å²) in [7, 11) is 0. The van der Waals surface area contributed by atoms with E-state index in [1.54, 1.807) is 24.3 Å². The summed E-state index contributed by atoms with van der Waals surface area (Å²) < 4.78 is 18.2.